The summed E-state index contributed by atoms with van der Waals surface area (Å²) in [5, 5.41) is 3.21. The van der Waals surface area contributed by atoms with E-state index in [1.54, 1.807) is 0 Å². The first-order valence-electron chi connectivity index (χ1n) is 5.79. The van der Waals surface area contributed by atoms with Crippen LogP contribution in [0.4, 0.5) is 0 Å². The van der Waals surface area contributed by atoms with E-state index in [1.807, 2.05) is 7.05 Å². The Balaban J connectivity index is 2.04. The van der Waals surface area contributed by atoms with Crippen LogP contribution >= 0.6 is 0 Å². The molecule has 1 atom stereocenters. The Morgan fingerprint density at radius 1 is 1.31 bits per heavy atom. The molecule has 1 aliphatic rings. The first-order valence-corrected chi connectivity index (χ1v) is 5.79. The normalized spacial score (nSPS) is 26.5. The van der Waals surface area contributed by atoms with Crippen LogP contribution in [-0.2, 0) is 0 Å². The topological polar surface area (TPSA) is 12.0 Å². The molecule has 1 aliphatic carbocycles. The third-order valence-corrected chi connectivity index (χ3v) is 3.36. The molecule has 0 radical (unpaired) electrons. The van der Waals surface area contributed by atoms with E-state index in [4.69, 9.17) is 0 Å². The third kappa shape index (κ3) is 4.12. The molecule has 13 heavy (non-hydrogen) atoms. The molecule has 0 aromatic heterocycles. The summed E-state index contributed by atoms with van der Waals surface area (Å²) >= 11 is 0. The maximum atomic E-state index is 3.21. The smallest absolute Gasteiger partial charge is 0.00519 e. The minimum Gasteiger partial charge on any atom is -0.320 e. The van der Waals surface area contributed by atoms with Crippen molar-refractivity contribution < 1.29 is 0 Å². The Kier molecular flexibility index (Phi) is 4.24. The lowest BCUT2D eigenvalue weighted by Gasteiger charge is -2.16. The highest BCUT2D eigenvalue weighted by Gasteiger charge is 2.29. The summed E-state index contributed by atoms with van der Waals surface area (Å²) in [7, 11) is 2.04. The first-order chi connectivity index (χ1) is 6.14. The molecule has 0 saturated heterocycles. The zero-order valence-corrected chi connectivity index (χ0v) is 9.53. The molecule has 1 fully saturated rings. The van der Waals surface area contributed by atoms with Crippen LogP contribution in [0.3, 0.4) is 0 Å². The van der Waals surface area contributed by atoms with Gasteiger partial charge in [-0.25, -0.2) is 0 Å². The van der Waals surface area contributed by atoms with E-state index >= 15 is 0 Å². The molecule has 1 N–H and O–H groups in total. The summed E-state index contributed by atoms with van der Waals surface area (Å²) in [4.78, 5) is 0. The first kappa shape index (κ1) is 11.0. The predicted molar refractivity (Wildman–Crippen MR) is 58.9 cm³/mol. The fourth-order valence-electron chi connectivity index (χ4n) is 2.56. The average molecular weight is 183 g/mol. The van der Waals surface area contributed by atoms with Gasteiger partial charge in [0.15, 0.2) is 0 Å². The minimum atomic E-state index is 0.647. The van der Waals surface area contributed by atoms with Crippen LogP contribution in [0.15, 0.2) is 0 Å². The molecule has 0 aromatic rings. The van der Waals surface area contributed by atoms with Gasteiger partial charge in [-0.1, -0.05) is 26.7 Å². The standard InChI is InChI=1S/C12H25N/c1-12(2)8-7-11(10-12)6-4-5-9-13-3/h11,13H,4-10H2,1-3H3. The number of unbranched alkanes of at least 4 members (excludes halogenated alkanes) is 1. The summed E-state index contributed by atoms with van der Waals surface area (Å²) in [6, 6.07) is 0. The van der Waals surface area contributed by atoms with E-state index in [9.17, 15) is 0 Å². The van der Waals surface area contributed by atoms with E-state index in [0.717, 1.165) is 5.92 Å². The Morgan fingerprint density at radius 3 is 2.62 bits per heavy atom. The van der Waals surface area contributed by atoms with Gasteiger partial charge >= 0.3 is 0 Å². The van der Waals surface area contributed by atoms with E-state index in [-0.39, 0.29) is 0 Å². The van der Waals surface area contributed by atoms with Gasteiger partial charge in [-0.2, -0.15) is 0 Å². The summed E-state index contributed by atoms with van der Waals surface area (Å²) in [6.45, 7) is 6.03. The molecule has 0 aromatic carbocycles. The second-order valence-corrected chi connectivity index (χ2v) is 5.37. The Morgan fingerprint density at radius 2 is 2.08 bits per heavy atom. The van der Waals surface area contributed by atoms with Crippen molar-refractivity contribution in [2.24, 2.45) is 11.3 Å². The molecule has 0 aliphatic heterocycles. The van der Waals surface area contributed by atoms with Gasteiger partial charge in [0.05, 0.1) is 0 Å². The van der Waals surface area contributed by atoms with Gasteiger partial charge in [-0.05, 0) is 50.6 Å². The molecule has 1 rings (SSSR count). The molecule has 1 unspecified atom stereocenters. The van der Waals surface area contributed by atoms with Crippen molar-refractivity contribution in [3.05, 3.63) is 0 Å². The monoisotopic (exact) mass is 183 g/mol. The largest absolute Gasteiger partial charge is 0.320 e. The summed E-state index contributed by atoms with van der Waals surface area (Å²) in [6.07, 6.45) is 8.63. The molecule has 78 valence electrons. The van der Waals surface area contributed by atoms with Crippen LogP contribution in [0.1, 0.15) is 52.4 Å². The van der Waals surface area contributed by atoms with Gasteiger partial charge in [0.2, 0.25) is 0 Å². The zero-order valence-electron chi connectivity index (χ0n) is 9.53. The number of rotatable bonds is 5. The number of nitrogens with one attached hydrogen (secondary N) is 1. The molecular formula is C12H25N. The fraction of sp³-hybridized carbons (Fsp3) is 1.00. The molecule has 0 amide bonds. The van der Waals surface area contributed by atoms with Gasteiger partial charge in [0, 0.05) is 0 Å². The fourth-order valence-corrected chi connectivity index (χ4v) is 2.56. The summed E-state index contributed by atoms with van der Waals surface area (Å²) in [5.74, 6) is 1.03. The van der Waals surface area contributed by atoms with Crippen molar-refractivity contribution in [2.45, 2.75) is 52.4 Å². The minimum absolute atomic E-state index is 0.647. The summed E-state index contributed by atoms with van der Waals surface area (Å²) < 4.78 is 0. The lowest BCUT2D eigenvalue weighted by molar-refractivity contribution is 0.350. The third-order valence-electron chi connectivity index (χ3n) is 3.36. The lowest BCUT2D eigenvalue weighted by atomic mass is 9.89. The molecule has 1 heteroatoms. The van der Waals surface area contributed by atoms with Gasteiger partial charge in [-0.15, -0.1) is 0 Å². The summed E-state index contributed by atoms with van der Waals surface area (Å²) in [5.41, 5.74) is 0.647. The van der Waals surface area contributed by atoms with Gasteiger partial charge in [-0.3, -0.25) is 0 Å². The predicted octanol–water partition coefficient (Wildman–Crippen LogP) is 3.20. The second-order valence-electron chi connectivity index (χ2n) is 5.37. The average Bonchev–Trinajstić information content (AvgIpc) is 2.40. The van der Waals surface area contributed by atoms with E-state index in [2.05, 4.69) is 19.2 Å². The van der Waals surface area contributed by atoms with Crippen molar-refractivity contribution in [1.29, 1.82) is 0 Å². The van der Waals surface area contributed by atoms with Gasteiger partial charge in [0.1, 0.15) is 0 Å². The zero-order chi connectivity index (χ0) is 9.73. The highest BCUT2D eigenvalue weighted by molar-refractivity contribution is 4.81. The van der Waals surface area contributed by atoms with Crippen LogP contribution in [-0.4, -0.2) is 13.6 Å². The molecular weight excluding hydrogens is 158 g/mol. The second kappa shape index (κ2) is 4.99. The van der Waals surface area contributed by atoms with Crippen molar-refractivity contribution in [2.75, 3.05) is 13.6 Å². The Labute approximate surface area is 83.3 Å². The quantitative estimate of drug-likeness (QED) is 0.645. The van der Waals surface area contributed by atoms with E-state index < -0.39 is 0 Å². The SMILES string of the molecule is CNCCCCC1CCC(C)(C)C1. The van der Waals surface area contributed by atoms with Crippen LogP contribution in [0.5, 0.6) is 0 Å². The molecule has 0 heterocycles. The van der Waals surface area contributed by atoms with Crippen molar-refractivity contribution >= 4 is 0 Å². The van der Waals surface area contributed by atoms with Crippen molar-refractivity contribution in [1.82, 2.24) is 5.32 Å². The van der Waals surface area contributed by atoms with E-state index in [1.165, 1.54) is 45.1 Å². The van der Waals surface area contributed by atoms with Crippen LogP contribution < -0.4 is 5.32 Å². The van der Waals surface area contributed by atoms with Gasteiger partial charge < -0.3 is 5.32 Å². The number of hydrogen-bond donors (Lipinski definition) is 1. The maximum Gasteiger partial charge on any atom is -0.00519 e. The molecule has 1 nitrogen and oxygen atoms in total. The van der Waals surface area contributed by atoms with Crippen LogP contribution in [0, 0.1) is 11.3 Å². The Bertz CT molecular complexity index is 140. The molecule has 1 saturated carbocycles. The highest BCUT2D eigenvalue weighted by Crippen LogP contribution is 2.42. The van der Waals surface area contributed by atoms with Crippen LogP contribution in [0.25, 0.3) is 0 Å². The van der Waals surface area contributed by atoms with Gasteiger partial charge in [0.25, 0.3) is 0 Å². The lowest BCUT2D eigenvalue weighted by Crippen LogP contribution is -2.08. The maximum absolute atomic E-state index is 3.21. The highest BCUT2D eigenvalue weighted by atomic mass is 14.8. The van der Waals surface area contributed by atoms with E-state index in [0.29, 0.717) is 5.41 Å². The number of hydrogen-bond acceptors (Lipinski definition) is 1. The molecule has 0 spiro atoms. The van der Waals surface area contributed by atoms with Crippen molar-refractivity contribution in [3.63, 3.8) is 0 Å². The van der Waals surface area contributed by atoms with Crippen LogP contribution in [0.2, 0.25) is 0 Å². The van der Waals surface area contributed by atoms with Crippen molar-refractivity contribution in [3.8, 4) is 0 Å². The molecule has 0 bridgehead atoms. The Hall–Kier alpha value is -0.0400.